The van der Waals surface area contributed by atoms with Crippen molar-refractivity contribution in [3.63, 3.8) is 0 Å². The number of carbonyl (C=O) groups is 1. The SMILES string of the molecule is O=C(O)c1ccoc1CNC1CCS(=O)(=O)C1. The summed E-state index contributed by atoms with van der Waals surface area (Å²) in [5.74, 6) is -0.429. The molecular formula is C10H13NO5S. The summed E-state index contributed by atoms with van der Waals surface area (Å²) in [7, 11) is -2.92. The molecule has 0 aromatic carbocycles. The van der Waals surface area contributed by atoms with Crippen LogP contribution >= 0.6 is 0 Å². The smallest absolute Gasteiger partial charge is 0.339 e. The van der Waals surface area contributed by atoms with Gasteiger partial charge in [0.25, 0.3) is 0 Å². The van der Waals surface area contributed by atoms with E-state index in [1.807, 2.05) is 0 Å². The van der Waals surface area contributed by atoms with Crippen molar-refractivity contribution in [3.8, 4) is 0 Å². The summed E-state index contributed by atoms with van der Waals surface area (Å²) in [5, 5.41) is 11.8. The Morgan fingerprint density at radius 2 is 2.35 bits per heavy atom. The zero-order valence-corrected chi connectivity index (χ0v) is 9.87. The molecule has 2 N–H and O–H groups in total. The first-order valence-corrected chi connectivity index (χ1v) is 7.03. The molecule has 1 fully saturated rings. The van der Waals surface area contributed by atoms with E-state index in [0.29, 0.717) is 12.2 Å². The van der Waals surface area contributed by atoms with Gasteiger partial charge in [-0.1, -0.05) is 0 Å². The third-order valence-corrected chi connectivity index (χ3v) is 4.53. The van der Waals surface area contributed by atoms with Crippen LogP contribution in [0.1, 0.15) is 22.5 Å². The Morgan fingerprint density at radius 1 is 1.59 bits per heavy atom. The molecule has 2 heterocycles. The van der Waals surface area contributed by atoms with Crippen LogP contribution in [0, 0.1) is 0 Å². The van der Waals surface area contributed by atoms with Crippen LogP contribution in [0.5, 0.6) is 0 Å². The highest BCUT2D eigenvalue weighted by Crippen LogP contribution is 2.14. The van der Waals surface area contributed by atoms with Gasteiger partial charge in [0.15, 0.2) is 9.84 Å². The Kier molecular flexibility index (Phi) is 3.21. The molecule has 1 aromatic rings. The number of hydrogen-bond donors (Lipinski definition) is 2. The summed E-state index contributed by atoms with van der Waals surface area (Å²) in [6.45, 7) is 0.231. The van der Waals surface area contributed by atoms with Gasteiger partial charge in [0.2, 0.25) is 0 Å². The minimum atomic E-state index is -2.92. The van der Waals surface area contributed by atoms with Crippen molar-refractivity contribution in [1.29, 1.82) is 0 Å². The molecule has 1 saturated heterocycles. The zero-order chi connectivity index (χ0) is 12.5. The zero-order valence-electron chi connectivity index (χ0n) is 9.05. The summed E-state index contributed by atoms with van der Waals surface area (Å²) in [6, 6.07) is 1.26. The van der Waals surface area contributed by atoms with E-state index in [4.69, 9.17) is 9.52 Å². The predicted octanol–water partition coefficient (Wildman–Crippen LogP) is 0.254. The molecular weight excluding hydrogens is 246 g/mol. The lowest BCUT2D eigenvalue weighted by Crippen LogP contribution is -2.29. The van der Waals surface area contributed by atoms with Gasteiger partial charge in [0.05, 0.1) is 24.3 Å². The second-order valence-electron chi connectivity index (χ2n) is 4.04. The minimum absolute atomic E-state index is 0.107. The molecule has 0 amide bonds. The number of rotatable bonds is 4. The van der Waals surface area contributed by atoms with Gasteiger partial charge in [-0.3, -0.25) is 0 Å². The summed E-state index contributed by atoms with van der Waals surface area (Å²) < 4.78 is 27.5. The van der Waals surface area contributed by atoms with Crippen molar-refractivity contribution < 1.29 is 22.7 Å². The van der Waals surface area contributed by atoms with E-state index < -0.39 is 15.8 Å². The number of aromatic carboxylic acids is 1. The van der Waals surface area contributed by atoms with E-state index in [-0.39, 0.29) is 29.7 Å². The highest BCUT2D eigenvalue weighted by Gasteiger charge is 2.27. The first kappa shape index (κ1) is 12.1. The van der Waals surface area contributed by atoms with Gasteiger partial charge in [0.1, 0.15) is 11.3 Å². The van der Waals surface area contributed by atoms with E-state index in [1.54, 1.807) is 0 Å². The van der Waals surface area contributed by atoms with Crippen molar-refractivity contribution in [1.82, 2.24) is 5.32 Å². The average Bonchev–Trinajstić information content (AvgIpc) is 2.81. The Morgan fingerprint density at radius 3 is 2.94 bits per heavy atom. The van der Waals surface area contributed by atoms with Crippen LogP contribution in [-0.4, -0.2) is 37.0 Å². The number of sulfone groups is 1. The van der Waals surface area contributed by atoms with Crippen molar-refractivity contribution in [2.45, 2.75) is 19.0 Å². The van der Waals surface area contributed by atoms with E-state index in [9.17, 15) is 13.2 Å². The highest BCUT2D eigenvalue weighted by atomic mass is 32.2. The Hall–Kier alpha value is -1.34. The maximum Gasteiger partial charge on any atom is 0.339 e. The third kappa shape index (κ3) is 2.86. The van der Waals surface area contributed by atoms with Gasteiger partial charge in [-0.15, -0.1) is 0 Å². The van der Waals surface area contributed by atoms with Crippen molar-refractivity contribution in [2.24, 2.45) is 0 Å². The molecule has 1 aliphatic rings. The number of carboxylic acid groups (broad SMARTS) is 1. The highest BCUT2D eigenvalue weighted by molar-refractivity contribution is 7.91. The fourth-order valence-electron chi connectivity index (χ4n) is 1.86. The van der Waals surface area contributed by atoms with Crippen molar-refractivity contribution >= 4 is 15.8 Å². The lowest BCUT2D eigenvalue weighted by molar-refractivity contribution is 0.0694. The molecule has 1 aliphatic heterocycles. The number of nitrogens with one attached hydrogen (secondary N) is 1. The second-order valence-corrected chi connectivity index (χ2v) is 6.27. The average molecular weight is 259 g/mol. The molecule has 1 aromatic heterocycles. The molecule has 0 spiro atoms. The number of carboxylic acids is 1. The molecule has 0 bridgehead atoms. The van der Waals surface area contributed by atoms with Crippen LogP contribution in [0.25, 0.3) is 0 Å². The largest absolute Gasteiger partial charge is 0.478 e. The van der Waals surface area contributed by atoms with Crippen LogP contribution in [0.15, 0.2) is 16.7 Å². The molecule has 17 heavy (non-hydrogen) atoms. The van der Waals surface area contributed by atoms with Crippen LogP contribution in [0.2, 0.25) is 0 Å². The molecule has 7 heteroatoms. The minimum Gasteiger partial charge on any atom is -0.478 e. The van der Waals surface area contributed by atoms with E-state index in [2.05, 4.69) is 5.32 Å². The normalized spacial score (nSPS) is 22.7. The second kappa shape index (κ2) is 4.50. The van der Waals surface area contributed by atoms with Gasteiger partial charge < -0.3 is 14.8 Å². The summed E-state index contributed by atoms with van der Waals surface area (Å²) in [4.78, 5) is 10.8. The lowest BCUT2D eigenvalue weighted by atomic mass is 10.2. The van der Waals surface area contributed by atoms with Crippen LogP contribution < -0.4 is 5.32 Å². The standard InChI is InChI=1S/C10H13NO5S/c12-10(13)8-1-3-16-9(8)5-11-7-2-4-17(14,15)6-7/h1,3,7,11H,2,4-6H2,(H,12,13). The third-order valence-electron chi connectivity index (χ3n) is 2.76. The fourth-order valence-corrected chi connectivity index (χ4v) is 3.57. The van der Waals surface area contributed by atoms with Crippen LogP contribution in [-0.2, 0) is 16.4 Å². The summed E-state index contributed by atoms with van der Waals surface area (Å²) in [6.07, 6.45) is 1.87. The number of hydrogen-bond acceptors (Lipinski definition) is 5. The molecule has 0 saturated carbocycles. The van der Waals surface area contributed by atoms with E-state index >= 15 is 0 Å². The molecule has 2 rings (SSSR count). The molecule has 6 nitrogen and oxygen atoms in total. The number of furan rings is 1. The molecule has 1 atom stereocenters. The fraction of sp³-hybridized carbons (Fsp3) is 0.500. The predicted molar refractivity (Wildman–Crippen MR) is 59.6 cm³/mol. The van der Waals surface area contributed by atoms with Crippen LogP contribution in [0.4, 0.5) is 0 Å². The monoisotopic (exact) mass is 259 g/mol. The van der Waals surface area contributed by atoms with Gasteiger partial charge in [-0.05, 0) is 12.5 Å². The van der Waals surface area contributed by atoms with Crippen molar-refractivity contribution in [2.75, 3.05) is 11.5 Å². The molecule has 94 valence electrons. The van der Waals surface area contributed by atoms with Crippen LogP contribution in [0.3, 0.4) is 0 Å². The quantitative estimate of drug-likeness (QED) is 0.804. The maximum absolute atomic E-state index is 11.2. The van der Waals surface area contributed by atoms with Gasteiger partial charge in [-0.25, -0.2) is 13.2 Å². The summed E-state index contributed by atoms with van der Waals surface area (Å²) in [5.41, 5.74) is 0.110. The molecule has 0 aliphatic carbocycles. The van der Waals surface area contributed by atoms with Gasteiger partial charge >= 0.3 is 5.97 Å². The Labute approximate surface area is 98.5 Å². The first-order valence-electron chi connectivity index (χ1n) is 5.21. The summed E-state index contributed by atoms with van der Waals surface area (Å²) >= 11 is 0. The van der Waals surface area contributed by atoms with Gasteiger partial charge in [-0.2, -0.15) is 0 Å². The lowest BCUT2D eigenvalue weighted by Gasteiger charge is -2.09. The Bertz CT molecular complexity index is 519. The van der Waals surface area contributed by atoms with E-state index in [1.165, 1.54) is 12.3 Å². The van der Waals surface area contributed by atoms with E-state index in [0.717, 1.165) is 0 Å². The van der Waals surface area contributed by atoms with Crippen molar-refractivity contribution in [3.05, 3.63) is 23.7 Å². The molecule has 1 unspecified atom stereocenters. The molecule has 0 radical (unpaired) electrons. The van der Waals surface area contributed by atoms with Gasteiger partial charge in [0, 0.05) is 6.04 Å². The first-order chi connectivity index (χ1) is 7.98. The topological polar surface area (TPSA) is 96.6 Å². The maximum atomic E-state index is 11.2. The Balaban J connectivity index is 1.95.